The van der Waals surface area contributed by atoms with Gasteiger partial charge >= 0.3 is 0 Å². The molecule has 7 heteroatoms. The first kappa shape index (κ1) is 26.1. The first-order valence-corrected chi connectivity index (χ1v) is 13.7. The standard InChI is InChI=1S/C30H39F2N3O2/c1-22-18-26-25-10-5-6-11-27(25)34-28(26)29(35(22)19-30(32)20-36-21-30)23-8-3-2-4-9-24(13-12-23)37-17-16-33-15-7-14-31/h5-6,8-13,22,29,33-34H,2-4,7,14-21H2,1H3/b13-12?,23-8?,24-9-/t22-,29-/m1/s1. The maximum absolute atomic E-state index is 15.4. The molecule has 5 rings (SSSR count). The Morgan fingerprint density at radius 2 is 2.00 bits per heavy atom. The van der Waals surface area contributed by atoms with E-state index in [4.69, 9.17) is 9.47 Å². The first-order valence-electron chi connectivity index (χ1n) is 13.7. The minimum absolute atomic E-state index is 0.0719. The molecule has 37 heavy (non-hydrogen) atoms. The Bertz CT molecular complexity index is 1150. The Morgan fingerprint density at radius 3 is 2.81 bits per heavy atom. The normalized spacial score (nSPS) is 25.3. The molecule has 1 fully saturated rings. The van der Waals surface area contributed by atoms with Crippen LogP contribution in [0.4, 0.5) is 8.78 Å². The number of hydrogen-bond acceptors (Lipinski definition) is 4. The number of halogens is 2. The zero-order chi connectivity index (χ0) is 25.7. The monoisotopic (exact) mass is 511 g/mol. The van der Waals surface area contributed by atoms with Crippen molar-refractivity contribution >= 4 is 10.9 Å². The fourth-order valence-corrected chi connectivity index (χ4v) is 5.67. The molecule has 1 aromatic carbocycles. The molecule has 1 saturated heterocycles. The highest BCUT2D eigenvalue weighted by Gasteiger charge is 2.45. The number of rotatable bonds is 10. The van der Waals surface area contributed by atoms with E-state index in [9.17, 15) is 4.39 Å². The van der Waals surface area contributed by atoms with Gasteiger partial charge in [0.25, 0.3) is 0 Å². The average molecular weight is 512 g/mol. The summed E-state index contributed by atoms with van der Waals surface area (Å²) in [7, 11) is 0. The van der Waals surface area contributed by atoms with Crippen molar-refractivity contribution < 1.29 is 18.3 Å². The van der Waals surface area contributed by atoms with Crippen LogP contribution >= 0.6 is 0 Å². The predicted molar refractivity (Wildman–Crippen MR) is 144 cm³/mol. The van der Waals surface area contributed by atoms with Crippen LogP contribution in [-0.2, 0) is 15.9 Å². The van der Waals surface area contributed by atoms with Gasteiger partial charge in [0.05, 0.1) is 25.9 Å². The van der Waals surface area contributed by atoms with Crippen molar-refractivity contribution in [3.8, 4) is 0 Å². The second-order valence-corrected chi connectivity index (χ2v) is 10.6. The van der Waals surface area contributed by atoms with Crippen LogP contribution in [0.1, 0.15) is 49.9 Å². The lowest BCUT2D eigenvalue weighted by molar-refractivity contribution is -0.147. The number of alkyl halides is 2. The van der Waals surface area contributed by atoms with Crippen molar-refractivity contribution in [2.45, 2.75) is 56.8 Å². The van der Waals surface area contributed by atoms with E-state index in [0.29, 0.717) is 32.7 Å². The Hall–Kier alpha value is -2.48. The van der Waals surface area contributed by atoms with Crippen LogP contribution in [0, 0.1) is 0 Å². The third-order valence-corrected chi connectivity index (χ3v) is 7.63. The number of benzene rings is 1. The van der Waals surface area contributed by atoms with Crippen LogP contribution in [-0.4, -0.2) is 67.7 Å². The van der Waals surface area contributed by atoms with Gasteiger partial charge in [0.15, 0.2) is 5.67 Å². The predicted octanol–water partition coefficient (Wildman–Crippen LogP) is 5.71. The van der Waals surface area contributed by atoms with Gasteiger partial charge in [0, 0.05) is 35.7 Å². The summed E-state index contributed by atoms with van der Waals surface area (Å²) in [5.74, 6) is 0.849. The highest BCUT2D eigenvalue weighted by molar-refractivity contribution is 5.85. The molecule has 2 aromatic rings. The molecule has 0 bridgehead atoms. The summed E-state index contributed by atoms with van der Waals surface area (Å²) in [5, 5.41) is 4.47. The van der Waals surface area contributed by atoms with Gasteiger partial charge in [-0.2, -0.15) is 0 Å². The molecule has 0 saturated carbocycles. The van der Waals surface area contributed by atoms with Crippen molar-refractivity contribution in [2.24, 2.45) is 0 Å². The maximum Gasteiger partial charge on any atom is 0.169 e. The van der Waals surface area contributed by atoms with Crippen molar-refractivity contribution in [1.82, 2.24) is 15.2 Å². The van der Waals surface area contributed by atoms with E-state index in [1.807, 2.05) is 0 Å². The largest absolute Gasteiger partial charge is 0.493 e. The topological polar surface area (TPSA) is 49.5 Å². The summed E-state index contributed by atoms with van der Waals surface area (Å²) in [6.07, 6.45) is 13.0. The lowest BCUT2D eigenvalue weighted by atomic mass is 9.86. The van der Waals surface area contributed by atoms with Gasteiger partial charge in [-0.25, -0.2) is 4.39 Å². The summed E-state index contributed by atoms with van der Waals surface area (Å²) in [4.78, 5) is 6.03. The number of aromatic nitrogens is 1. The van der Waals surface area contributed by atoms with E-state index >= 15 is 4.39 Å². The number of nitrogens with zero attached hydrogens (tertiary/aromatic N) is 1. The molecule has 0 radical (unpaired) electrons. The fraction of sp³-hybridized carbons (Fsp3) is 0.533. The van der Waals surface area contributed by atoms with Crippen LogP contribution in [0.5, 0.6) is 0 Å². The van der Waals surface area contributed by atoms with E-state index in [1.54, 1.807) is 0 Å². The van der Waals surface area contributed by atoms with Gasteiger partial charge in [-0.1, -0.05) is 30.4 Å². The lowest BCUT2D eigenvalue weighted by Crippen LogP contribution is -2.57. The van der Waals surface area contributed by atoms with Crippen molar-refractivity contribution in [2.75, 3.05) is 46.1 Å². The van der Waals surface area contributed by atoms with Crippen LogP contribution < -0.4 is 5.32 Å². The maximum atomic E-state index is 15.4. The van der Waals surface area contributed by atoms with E-state index in [1.165, 1.54) is 22.2 Å². The van der Waals surface area contributed by atoms with Gasteiger partial charge in [0.1, 0.15) is 12.4 Å². The molecule has 2 N–H and O–H groups in total. The highest BCUT2D eigenvalue weighted by atomic mass is 19.1. The molecule has 3 aliphatic rings. The number of para-hydroxylation sites is 1. The minimum atomic E-state index is -1.30. The second kappa shape index (κ2) is 11.9. The van der Waals surface area contributed by atoms with Gasteiger partial charge < -0.3 is 19.8 Å². The zero-order valence-electron chi connectivity index (χ0n) is 21.8. The van der Waals surface area contributed by atoms with Gasteiger partial charge in [-0.3, -0.25) is 9.29 Å². The lowest BCUT2D eigenvalue weighted by Gasteiger charge is -2.46. The number of H-pyrrole nitrogens is 1. The summed E-state index contributed by atoms with van der Waals surface area (Å²) < 4.78 is 39.1. The van der Waals surface area contributed by atoms with E-state index < -0.39 is 5.67 Å². The Balaban J connectivity index is 1.42. The van der Waals surface area contributed by atoms with Crippen LogP contribution in [0.25, 0.3) is 10.9 Å². The molecule has 5 nitrogen and oxygen atoms in total. The van der Waals surface area contributed by atoms with Gasteiger partial charge in [0.2, 0.25) is 0 Å². The summed E-state index contributed by atoms with van der Waals surface area (Å²) >= 11 is 0. The van der Waals surface area contributed by atoms with E-state index in [2.05, 4.69) is 70.7 Å². The zero-order valence-corrected chi connectivity index (χ0v) is 21.8. The Labute approximate surface area is 218 Å². The van der Waals surface area contributed by atoms with Crippen LogP contribution in [0.2, 0.25) is 0 Å². The SMILES string of the molecule is C[C@@H]1Cc2c([nH]c3ccccc23)[C@@H](C2=CCCC/C=C(\OCCNCCCF)C=C2)N1CC1(F)COC1. The number of fused-ring (bicyclic) bond motifs is 3. The Kier molecular flexibility index (Phi) is 8.43. The number of allylic oxidation sites excluding steroid dienone is 3. The summed E-state index contributed by atoms with van der Waals surface area (Å²) in [5.41, 5.74) is 3.50. The smallest absolute Gasteiger partial charge is 0.169 e. The highest BCUT2D eigenvalue weighted by Crippen LogP contribution is 2.43. The fourth-order valence-electron chi connectivity index (χ4n) is 5.67. The number of ether oxygens (including phenoxy) is 2. The van der Waals surface area contributed by atoms with E-state index in [-0.39, 0.29) is 32.0 Å². The minimum Gasteiger partial charge on any atom is -0.493 e. The van der Waals surface area contributed by atoms with Crippen molar-refractivity contribution in [3.05, 3.63) is 71.2 Å². The molecular weight excluding hydrogens is 472 g/mol. The molecule has 0 amide bonds. The van der Waals surface area contributed by atoms with E-state index in [0.717, 1.165) is 37.0 Å². The molecule has 2 aliphatic heterocycles. The third kappa shape index (κ3) is 6.00. The molecule has 1 aliphatic carbocycles. The Morgan fingerprint density at radius 1 is 1.16 bits per heavy atom. The quantitative estimate of drug-likeness (QED) is 0.401. The number of nitrogens with one attached hydrogen (secondary N) is 2. The molecule has 1 aromatic heterocycles. The molecular formula is C30H39F2N3O2. The van der Waals surface area contributed by atoms with Crippen LogP contribution in [0.3, 0.4) is 0 Å². The molecule has 0 unspecified atom stereocenters. The number of aromatic amines is 1. The summed E-state index contributed by atoms with van der Waals surface area (Å²) in [6, 6.07) is 8.57. The molecule has 200 valence electrons. The first-order chi connectivity index (χ1) is 18.1. The van der Waals surface area contributed by atoms with Gasteiger partial charge in [-0.15, -0.1) is 0 Å². The molecule has 2 atom stereocenters. The summed E-state index contributed by atoms with van der Waals surface area (Å²) in [6.45, 7) is 4.46. The second-order valence-electron chi connectivity index (χ2n) is 10.6. The molecule has 0 spiro atoms. The third-order valence-electron chi connectivity index (χ3n) is 7.63. The molecule has 3 heterocycles. The van der Waals surface area contributed by atoms with Crippen LogP contribution in [0.15, 0.2) is 59.9 Å². The van der Waals surface area contributed by atoms with Crippen molar-refractivity contribution in [3.63, 3.8) is 0 Å². The average Bonchev–Trinajstić information content (AvgIpc) is 3.29. The van der Waals surface area contributed by atoms with Crippen molar-refractivity contribution in [1.29, 1.82) is 0 Å². The number of hydrogen-bond donors (Lipinski definition) is 2. The van der Waals surface area contributed by atoms with Gasteiger partial charge in [-0.05, 0) is 74.9 Å².